The molecule has 2 aromatic carbocycles. The van der Waals surface area contributed by atoms with E-state index in [1.54, 1.807) is 23.0 Å². The summed E-state index contributed by atoms with van der Waals surface area (Å²) in [6.07, 6.45) is 5.68. The van der Waals surface area contributed by atoms with Gasteiger partial charge in [0.1, 0.15) is 0 Å². The highest BCUT2D eigenvalue weighted by Crippen LogP contribution is 2.30. The van der Waals surface area contributed by atoms with Gasteiger partial charge in [-0.15, -0.1) is 0 Å². The lowest BCUT2D eigenvalue weighted by Gasteiger charge is -2.08. The molecule has 6 nitrogen and oxygen atoms in total. The Hall–Kier alpha value is -3.41. The first kappa shape index (κ1) is 17.0. The molecule has 3 aromatic rings. The maximum Gasteiger partial charge on any atom is 0.228 e. The molecule has 0 radical (unpaired) electrons. The molecule has 27 heavy (non-hydrogen) atoms. The number of carbonyl (C=O) groups is 2. The van der Waals surface area contributed by atoms with Gasteiger partial charge < -0.3 is 10.6 Å². The van der Waals surface area contributed by atoms with Crippen molar-refractivity contribution in [2.75, 3.05) is 10.6 Å². The van der Waals surface area contributed by atoms with Gasteiger partial charge in [0, 0.05) is 23.5 Å². The zero-order valence-corrected chi connectivity index (χ0v) is 14.8. The third-order valence-electron chi connectivity index (χ3n) is 4.38. The van der Waals surface area contributed by atoms with Crippen molar-refractivity contribution in [2.45, 2.75) is 19.3 Å². The first-order valence-corrected chi connectivity index (χ1v) is 8.97. The number of rotatable bonds is 6. The fourth-order valence-corrected chi connectivity index (χ4v) is 2.83. The van der Waals surface area contributed by atoms with E-state index in [1.165, 1.54) is 0 Å². The van der Waals surface area contributed by atoms with Crippen LogP contribution in [-0.2, 0) is 16.0 Å². The maximum absolute atomic E-state index is 12.3. The van der Waals surface area contributed by atoms with E-state index in [9.17, 15) is 9.59 Å². The van der Waals surface area contributed by atoms with Crippen LogP contribution in [0.2, 0.25) is 0 Å². The first-order chi connectivity index (χ1) is 13.2. The van der Waals surface area contributed by atoms with Crippen LogP contribution in [-0.4, -0.2) is 21.6 Å². The lowest BCUT2D eigenvalue weighted by molar-refractivity contribution is -0.117. The summed E-state index contributed by atoms with van der Waals surface area (Å²) in [4.78, 5) is 24.2. The van der Waals surface area contributed by atoms with E-state index in [-0.39, 0.29) is 24.2 Å². The Bertz CT molecular complexity index is 961. The van der Waals surface area contributed by atoms with E-state index in [0.717, 1.165) is 24.1 Å². The molecule has 0 spiro atoms. The number of para-hydroxylation sites is 1. The molecule has 4 rings (SSSR count). The van der Waals surface area contributed by atoms with Crippen molar-refractivity contribution in [1.29, 1.82) is 0 Å². The van der Waals surface area contributed by atoms with E-state index in [2.05, 4.69) is 15.7 Å². The smallest absolute Gasteiger partial charge is 0.228 e. The highest BCUT2D eigenvalue weighted by Gasteiger charge is 2.29. The molecular formula is C21H20N4O2. The van der Waals surface area contributed by atoms with Gasteiger partial charge in [-0.3, -0.25) is 9.59 Å². The Balaban J connectivity index is 1.37. The molecule has 1 aliphatic carbocycles. The fourth-order valence-electron chi connectivity index (χ4n) is 2.83. The van der Waals surface area contributed by atoms with Crippen LogP contribution in [0.25, 0.3) is 5.69 Å². The Morgan fingerprint density at radius 2 is 1.74 bits per heavy atom. The van der Waals surface area contributed by atoms with Gasteiger partial charge in [0.05, 0.1) is 18.3 Å². The fraction of sp³-hybridized carbons (Fsp3) is 0.190. The van der Waals surface area contributed by atoms with Crippen LogP contribution in [0.1, 0.15) is 18.4 Å². The minimum atomic E-state index is -0.131. The molecule has 0 saturated heterocycles. The third-order valence-corrected chi connectivity index (χ3v) is 4.38. The van der Waals surface area contributed by atoms with Gasteiger partial charge in [0.25, 0.3) is 0 Å². The molecule has 2 N–H and O–H groups in total. The van der Waals surface area contributed by atoms with Crippen LogP contribution in [0, 0.1) is 5.92 Å². The molecule has 1 heterocycles. The lowest BCUT2D eigenvalue weighted by atomic mass is 10.2. The second-order valence-electron chi connectivity index (χ2n) is 6.70. The van der Waals surface area contributed by atoms with Crippen LogP contribution in [0.15, 0.2) is 67.0 Å². The summed E-state index contributed by atoms with van der Waals surface area (Å²) < 4.78 is 1.75. The van der Waals surface area contributed by atoms with Crippen LogP contribution in [0.3, 0.4) is 0 Å². The molecule has 1 saturated carbocycles. The van der Waals surface area contributed by atoms with Crippen LogP contribution < -0.4 is 10.6 Å². The number of nitrogens with one attached hydrogen (secondary N) is 2. The second-order valence-corrected chi connectivity index (χ2v) is 6.70. The van der Waals surface area contributed by atoms with Gasteiger partial charge in [0.2, 0.25) is 11.8 Å². The molecular weight excluding hydrogens is 340 g/mol. The highest BCUT2D eigenvalue weighted by molar-refractivity contribution is 5.96. The van der Waals surface area contributed by atoms with E-state index in [1.807, 2.05) is 48.7 Å². The summed E-state index contributed by atoms with van der Waals surface area (Å²) in [6, 6.07) is 16.9. The molecule has 0 atom stereocenters. The van der Waals surface area contributed by atoms with Gasteiger partial charge in [0.15, 0.2) is 0 Å². The topological polar surface area (TPSA) is 76.0 Å². The van der Waals surface area contributed by atoms with Crippen LogP contribution in [0.4, 0.5) is 11.4 Å². The average molecular weight is 360 g/mol. The quantitative estimate of drug-likeness (QED) is 0.707. The van der Waals surface area contributed by atoms with Gasteiger partial charge >= 0.3 is 0 Å². The standard InChI is InChI=1S/C21H20N4O2/c26-20(11-15-13-22-25(14-15)19-7-2-1-3-8-19)23-17-5-4-6-18(12-17)24-21(27)16-9-10-16/h1-8,12-14,16H,9-11H2,(H,23,26)(H,24,27). The predicted molar refractivity (Wildman–Crippen MR) is 104 cm³/mol. The molecule has 0 unspecified atom stereocenters. The minimum absolute atomic E-state index is 0.0480. The largest absolute Gasteiger partial charge is 0.326 e. The van der Waals surface area contributed by atoms with Crippen LogP contribution >= 0.6 is 0 Å². The summed E-state index contributed by atoms with van der Waals surface area (Å²) >= 11 is 0. The van der Waals surface area contributed by atoms with Crippen molar-refractivity contribution in [1.82, 2.24) is 9.78 Å². The summed E-state index contributed by atoms with van der Waals surface area (Å²) in [6.45, 7) is 0. The molecule has 0 bridgehead atoms. The van der Waals surface area contributed by atoms with Gasteiger partial charge in [-0.2, -0.15) is 5.10 Å². The third kappa shape index (κ3) is 4.41. The second kappa shape index (κ2) is 7.45. The number of benzene rings is 2. The average Bonchev–Trinajstić information content (AvgIpc) is 3.42. The SMILES string of the molecule is O=C(Cc1cnn(-c2ccccc2)c1)Nc1cccc(NC(=O)C2CC2)c1. The molecule has 0 aliphatic heterocycles. The van der Waals surface area contributed by atoms with Crippen molar-refractivity contribution < 1.29 is 9.59 Å². The van der Waals surface area contributed by atoms with E-state index in [4.69, 9.17) is 0 Å². The minimum Gasteiger partial charge on any atom is -0.326 e. The molecule has 6 heteroatoms. The van der Waals surface area contributed by atoms with Gasteiger partial charge in [-0.25, -0.2) is 4.68 Å². The maximum atomic E-state index is 12.3. The number of anilines is 2. The lowest BCUT2D eigenvalue weighted by Crippen LogP contribution is -2.15. The van der Waals surface area contributed by atoms with E-state index >= 15 is 0 Å². The van der Waals surface area contributed by atoms with E-state index in [0.29, 0.717) is 11.4 Å². The van der Waals surface area contributed by atoms with E-state index < -0.39 is 0 Å². The molecule has 1 aliphatic rings. The predicted octanol–water partition coefficient (Wildman–Crippen LogP) is 3.40. The van der Waals surface area contributed by atoms with Crippen molar-refractivity contribution in [3.05, 3.63) is 72.6 Å². The summed E-state index contributed by atoms with van der Waals surface area (Å²) in [5, 5.41) is 10.1. The van der Waals surface area contributed by atoms with Gasteiger partial charge in [-0.1, -0.05) is 24.3 Å². The summed E-state index contributed by atoms with van der Waals surface area (Å²) in [7, 11) is 0. The zero-order chi connectivity index (χ0) is 18.6. The highest BCUT2D eigenvalue weighted by atomic mass is 16.2. The Labute approximate surface area is 157 Å². The van der Waals surface area contributed by atoms with Crippen LogP contribution in [0.5, 0.6) is 0 Å². The first-order valence-electron chi connectivity index (χ1n) is 8.97. The molecule has 1 fully saturated rings. The van der Waals surface area contributed by atoms with Crippen molar-refractivity contribution in [3.63, 3.8) is 0 Å². The zero-order valence-electron chi connectivity index (χ0n) is 14.8. The summed E-state index contributed by atoms with van der Waals surface area (Å²) in [5.74, 6) is 0.0597. The number of carbonyl (C=O) groups excluding carboxylic acids is 2. The normalized spacial score (nSPS) is 13.2. The monoisotopic (exact) mass is 360 g/mol. The molecule has 1 aromatic heterocycles. The Kier molecular flexibility index (Phi) is 4.70. The Morgan fingerprint density at radius 3 is 2.48 bits per heavy atom. The Morgan fingerprint density at radius 1 is 1.00 bits per heavy atom. The molecule has 136 valence electrons. The number of aromatic nitrogens is 2. The number of nitrogens with zero attached hydrogens (tertiary/aromatic N) is 2. The van der Waals surface area contributed by atoms with Crippen molar-refractivity contribution in [3.8, 4) is 5.69 Å². The molecule has 2 amide bonds. The number of amides is 2. The number of hydrogen-bond donors (Lipinski definition) is 2. The van der Waals surface area contributed by atoms with Crippen molar-refractivity contribution in [2.24, 2.45) is 5.92 Å². The van der Waals surface area contributed by atoms with Crippen molar-refractivity contribution >= 4 is 23.2 Å². The summed E-state index contributed by atoms with van der Waals surface area (Å²) in [5.41, 5.74) is 3.13. The van der Waals surface area contributed by atoms with Gasteiger partial charge in [-0.05, 0) is 48.7 Å². The number of hydrogen-bond acceptors (Lipinski definition) is 3.